The maximum atomic E-state index is 13.1. The quantitative estimate of drug-likeness (QED) is 0.359. The van der Waals surface area contributed by atoms with Gasteiger partial charge in [0.15, 0.2) is 4.08 Å². The fraction of sp³-hybridized carbons (Fsp3) is 0.125. The molecule has 0 amide bonds. The van der Waals surface area contributed by atoms with Crippen molar-refractivity contribution < 1.29 is 9.53 Å². The van der Waals surface area contributed by atoms with Crippen LogP contribution in [-0.4, -0.2) is 10.0 Å². The Morgan fingerprint density at radius 3 is 1.86 bits per heavy atom. The highest BCUT2D eigenvalue weighted by molar-refractivity contribution is 8.19. The molecule has 0 spiro atoms. The van der Waals surface area contributed by atoms with Gasteiger partial charge < -0.3 is 4.74 Å². The summed E-state index contributed by atoms with van der Waals surface area (Å²) in [5.74, 6) is 0.371. The summed E-state index contributed by atoms with van der Waals surface area (Å²) in [6.07, 6.45) is 1.96. The summed E-state index contributed by atoms with van der Waals surface area (Å²) < 4.78 is 4.88. The molecular weight excluding hydrogens is 384 g/mol. The van der Waals surface area contributed by atoms with Crippen LogP contribution in [0.1, 0.15) is 16.7 Å². The lowest BCUT2D eigenvalue weighted by Gasteiger charge is -2.22. The number of cyclic esters (lactones) is 1. The van der Waals surface area contributed by atoms with Crippen molar-refractivity contribution >= 4 is 35.3 Å². The monoisotopic (exact) mass is 404 g/mol. The number of hydrogen-bond donors (Lipinski definition) is 0. The third kappa shape index (κ3) is 4.03. The van der Waals surface area contributed by atoms with E-state index in [9.17, 15) is 4.79 Å². The number of carbonyl (C=O) groups excluding carboxylic acids is 1. The molecule has 0 aliphatic carbocycles. The number of aryl methyl sites for hydroxylation is 2. The van der Waals surface area contributed by atoms with Gasteiger partial charge in [0, 0.05) is 15.4 Å². The maximum Gasteiger partial charge on any atom is 0.342 e. The first-order valence-electron chi connectivity index (χ1n) is 9.06. The number of ether oxygens (including phenoxy) is 1. The highest BCUT2D eigenvalue weighted by Crippen LogP contribution is 2.52. The number of rotatable bonds is 5. The molecule has 0 fully saturated rings. The van der Waals surface area contributed by atoms with Gasteiger partial charge in [-0.1, -0.05) is 89.2 Å². The van der Waals surface area contributed by atoms with Crippen molar-refractivity contribution in [3.63, 3.8) is 0 Å². The van der Waals surface area contributed by atoms with Gasteiger partial charge in [-0.25, -0.2) is 4.79 Å². The van der Waals surface area contributed by atoms with Gasteiger partial charge in [0.25, 0.3) is 0 Å². The molecule has 4 heteroatoms. The Balaban J connectivity index is 1.76. The van der Waals surface area contributed by atoms with Gasteiger partial charge in [-0.3, -0.25) is 0 Å². The van der Waals surface area contributed by atoms with Gasteiger partial charge in [-0.15, -0.1) is 0 Å². The minimum absolute atomic E-state index is 0.246. The van der Waals surface area contributed by atoms with E-state index in [-0.39, 0.29) is 5.97 Å². The first-order valence-corrected chi connectivity index (χ1v) is 10.7. The third-order valence-electron chi connectivity index (χ3n) is 4.38. The highest BCUT2D eigenvalue weighted by Gasteiger charge is 2.46. The second-order valence-electron chi connectivity index (χ2n) is 6.77. The summed E-state index contributed by atoms with van der Waals surface area (Å²) in [7, 11) is 0. The van der Waals surface area contributed by atoms with E-state index >= 15 is 0 Å². The lowest BCUT2D eigenvalue weighted by Crippen LogP contribution is -2.26. The summed E-state index contributed by atoms with van der Waals surface area (Å²) >= 11 is 3.06. The molecule has 3 aromatic rings. The van der Waals surface area contributed by atoms with Crippen LogP contribution in [0.15, 0.2) is 94.7 Å². The van der Waals surface area contributed by atoms with Crippen molar-refractivity contribution in [2.75, 3.05) is 0 Å². The van der Waals surface area contributed by atoms with Gasteiger partial charge >= 0.3 is 5.97 Å². The molecule has 0 saturated heterocycles. The van der Waals surface area contributed by atoms with Crippen molar-refractivity contribution in [2.24, 2.45) is 0 Å². The zero-order valence-corrected chi connectivity index (χ0v) is 17.3. The SMILES string of the molecule is Cc1cccc(SC2(Sc3cccc(C)c3)C=C(c3ccccc3)OC2=O)c1. The Morgan fingerprint density at radius 1 is 0.750 bits per heavy atom. The predicted molar refractivity (Wildman–Crippen MR) is 117 cm³/mol. The van der Waals surface area contributed by atoms with Gasteiger partial charge in [0.1, 0.15) is 5.76 Å². The van der Waals surface area contributed by atoms with Crippen LogP contribution in [0.25, 0.3) is 5.76 Å². The molecule has 1 aliphatic rings. The summed E-state index contributed by atoms with van der Waals surface area (Å²) in [6, 6.07) is 26.2. The number of esters is 1. The van der Waals surface area contributed by atoms with E-state index in [0.717, 1.165) is 15.4 Å². The maximum absolute atomic E-state index is 13.1. The van der Waals surface area contributed by atoms with E-state index in [2.05, 4.69) is 38.1 Å². The van der Waals surface area contributed by atoms with Crippen molar-refractivity contribution in [1.29, 1.82) is 0 Å². The van der Waals surface area contributed by atoms with E-state index in [4.69, 9.17) is 4.74 Å². The number of hydrogen-bond acceptors (Lipinski definition) is 4. The first-order chi connectivity index (χ1) is 13.5. The van der Waals surface area contributed by atoms with Crippen LogP contribution < -0.4 is 0 Å². The normalized spacial score (nSPS) is 15.2. The largest absolute Gasteiger partial charge is 0.424 e. The zero-order chi connectivity index (χ0) is 19.6. The summed E-state index contributed by atoms with van der Waals surface area (Å²) in [4.78, 5) is 15.2. The van der Waals surface area contributed by atoms with E-state index < -0.39 is 4.08 Å². The molecule has 0 radical (unpaired) electrons. The van der Waals surface area contributed by atoms with Gasteiger partial charge in [0.05, 0.1) is 0 Å². The molecule has 2 nitrogen and oxygen atoms in total. The molecule has 0 atom stereocenters. The highest BCUT2D eigenvalue weighted by atomic mass is 32.2. The van der Waals surface area contributed by atoms with Crippen LogP contribution in [0.4, 0.5) is 0 Å². The molecule has 28 heavy (non-hydrogen) atoms. The molecule has 4 rings (SSSR count). The second-order valence-corrected chi connectivity index (χ2v) is 9.67. The minimum atomic E-state index is -0.868. The van der Waals surface area contributed by atoms with Gasteiger partial charge in [-0.2, -0.15) is 0 Å². The first kappa shape index (κ1) is 18.9. The molecular formula is C24H20O2S2. The lowest BCUT2D eigenvalue weighted by atomic mass is 10.2. The lowest BCUT2D eigenvalue weighted by molar-refractivity contribution is -0.134. The fourth-order valence-electron chi connectivity index (χ4n) is 3.05. The number of carbonyl (C=O) groups is 1. The van der Waals surface area contributed by atoms with Crippen LogP contribution in [0, 0.1) is 13.8 Å². The third-order valence-corrected chi connectivity index (χ3v) is 7.04. The topological polar surface area (TPSA) is 26.3 Å². The molecule has 140 valence electrons. The minimum Gasteiger partial charge on any atom is -0.424 e. The van der Waals surface area contributed by atoms with Crippen LogP contribution in [0.2, 0.25) is 0 Å². The van der Waals surface area contributed by atoms with Crippen molar-refractivity contribution in [3.8, 4) is 0 Å². The Labute approximate surface area is 174 Å². The average molecular weight is 405 g/mol. The fourth-order valence-corrected chi connectivity index (χ4v) is 5.86. The standard InChI is InChI=1S/C24H20O2S2/c1-17-8-6-12-20(14-17)27-24(28-21-13-7-9-18(2)15-21)16-22(26-23(24)25)19-10-4-3-5-11-19/h3-16H,1-2H3. The second kappa shape index (κ2) is 7.90. The number of thioether (sulfide) groups is 2. The molecule has 0 N–H and O–H groups in total. The van der Waals surface area contributed by atoms with E-state index in [1.807, 2.05) is 60.7 Å². The summed E-state index contributed by atoms with van der Waals surface area (Å²) in [6.45, 7) is 4.12. The summed E-state index contributed by atoms with van der Waals surface area (Å²) in [5.41, 5.74) is 3.24. The van der Waals surface area contributed by atoms with Gasteiger partial charge in [-0.05, 0) is 44.2 Å². The molecule has 0 aromatic heterocycles. The Kier molecular flexibility index (Phi) is 5.33. The van der Waals surface area contributed by atoms with Gasteiger partial charge in [0.2, 0.25) is 0 Å². The van der Waals surface area contributed by atoms with Crippen LogP contribution in [-0.2, 0) is 9.53 Å². The Bertz CT molecular complexity index is 994. The smallest absolute Gasteiger partial charge is 0.342 e. The Morgan fingerprint density at radius 2 is 1.32 bits per heavy atom. The van der Waals surface area contributed by atoms with Crippen LogP contribution >= 0.6 is 23.5 Å². The van der Waals surface area contributed by atoms with E-state index in [0.29, 0.717) is 5.76 Å². The van der Waals surface area contributed by atoms with Crippen molar-refractivity contribution in [3.05, 3.63) is 102 Å². The van der Waals surface area contributed by atoms with Crippen molar-refractivity contribution in [2.45, 2.75) is 27.7 Å². The van der Waals surface area contributed by atoms with Crippen molar-refractivity contribution in [1.82, 2.24) is 0 Å². The molecule has 1 heterocycles. The molecule has 0 bridgehead atoms. The average Bonchev–Trinajstić information content (AvgIpc) is 2.98. The summed E-state index contributed by atoms with van der Waals surface area (Å²) in [5, 5.41) is 0. The van der Waals surface area contributed by atoms with Crippen LogP contribution in [0.3, 0.4) is 0 Å². The molecule has 0 unspecified atom stereocenters. The Hall–Kier alpha value is -2.43. The molecule has 3 aromatic carbocycles. The van der Waals surface area contributed by atoms with E-state index in [1.165, 1.54) is 34.7 Å². The van der Waals surface area contributed by atoms with Crippen LogP contribution in [0.5, 0.6) is 0 Å². The van der Waals surface area contributed by atoms with E-state index in [1.54, 1.807) is 0 Å². The molecule has 0 saturated carbocycles. The number of benzene rings is 3. The predicted octanol–water partition coefficient (Wildman–Crippen LogP) is 6.48. The zero-order valence-electron chi connectivity index (χ0n) is 15.7. The molecule has 1 aliphatic heterocycles.